The molecule has 0 aromatic carbocycles. The zero-order chi connectivity index (χ0) is 15.4. The van der Waals surface area contributed by atoms with Crippen LogP contribution in [0.2, 0.25) is 0 Å². The van der Waals surface area contributed by atoms with Crippen molar-refractivity contribution in [3.63, 3.8) is 0 Å². The second-order valence-electron chi connectivity index (χ2n) is 7.29. The third-order valence-corrected chi connectivity index (χ3v) is 5.89. The second kappa shape index (κ2) is 7.56. The van der Waals surface area contributed by atoms with Crippen LogP contribution in [0.3, 0.4) is 0 Å². The minimum atomic E-state index is 0.535. The van der Waals surface area contributed by atoms with Crippen LogP contribution in [0, 0.1) is 11.8 Å². The van der Waals surface area contributed by atoms with Gasteiger partial charge in [-0.15, -0.1) is 0 Å². The first-order valence-corrected chi connectivity index (χ1v) is 9.11. The maximum absolute atomic E-state index is 4.32. The molecule has 2 heterocycles. The van der Waals surface area contributed by atoms with Crippen LogP contribution in [0.1, 0.15) is 57.1 Å². The molecule has 1 aromatic heterocycles. The highest BCUT2D eigenvalue weighted by atomic mass is 15.2. The van der Waals surface area contributed by atoms with Crippen molar-refractivity contribution < 1.29 is 0 Å². The summed E-state index contributed by atoms with van der Waals surface area (Å²) >= 11 is 0. The van der Waals surface area contributed by atoms with E-state index >= 15 is 0 Å². The largest absolute Gasteiger partial charge is 0.314 e. The van der Waals surface area contributed by atoms with Crippen LogP contribution in [0.4, 0.5) is 0 Å². The Kier molecular flexibility index (Phi) is 5.48. The first-order valence-electron chi connectivity index (χ1n) is 9.11. The van der Waals surface area contributed by atoms with Crippen LogP contribution in [0.15, 0.2) is 24.5 Å². The van der Waals surface area contributed by atoms with Crippen molar-refractivity contribution in [1.29, 1.82) is 0 Å². The SMILES string of the molecule is CCC1CCC(NC[C@@H]2CCN(C)[C@H]2c2cccnc2)CC1. The van der Waals surface area contributed by atoms with Crippen molar-refractivity contribution in [3.05, 3.63) is 30.1 Å². The molecule has 1 saturated heterocycles. The average Bonchev–Trinajstić information content (AvgIpc) is 2.95. The van der Waals surface area contributed by atoms with Gasteiger partial charge in [0.1, 0.15) is 0 Å². The molecule has 2 fully saturated rings. The number of nitrogens with one attached hydrogen (secondary N) is 1. The number of hydrogen-bond acceptors (Lipinski definition) is 3. The number of hydrogen-bond donors (Lipinski definition) is 1. The summed E-state index contributed by atoms with van der Waals surface area (Å²) in [5, 5.41) is 3.88. The van der Waals surface area contributed by atoms with Gasteiger partial charge >= 0.3 is 0 Å². The molecule has 1 aliphatic carbocycles. The van der Waals surface area contributed by atoms with Crippen molar-refractivity contribution in [2.24, 2.45) is 11.8 Å². The maximum Gasteiger partial charge on any atom is 0.0401 e. The number of rotatable bonds is 5. The van der Waals surface area contributed by atoms with Gasteiger partial charge in [-0.2, -0.15) is 0 Å². The maximum atomic E-state index is 4.32. The van der Waals surface area contributed by atoms with Crippen LogP contribution in [0.25, 0.3) is 0 Å². The molecular weight excluding hydrogens is 270 g/mol. The number of nitrogens with zero attached hydrogens (tertiary/aromatic N) is 2. The average molecular weight is 301 g/mol. The predicted octanol–water partition coefficient (Wildman–Crippen LogP) is 3.63. The van der Waals surface area contributed by atoms with Gasteiger partial charge in [0.25, 0.3) is 0 Å². The zero-order valence-corrected chi connectivity index (χ0v) is 14.2. The molecule has 3 rings (SSSR count). The van der Waals surface area contributed by atoms with Crippen molar-refractivity contribution >= 4 is 0 Å². The highest BCUT2D eigenvalue weighted by Crippen LogP contribution is 2.35. The molecule has 22 heavy (non-hydrogen) atoms. The molecule has 0 bridgehead atoms. The second-order valence-corrected chi connectivity index (χ2v) is 7.29. The Hall–Kier alpha value is -0.930. The van der Waals surface area contributed by atoms with Crippen molar-refractivity contribution in [3.8, 4) is 0 Å². The van der Waals surface area contributed by atoms with Crippen molar-refractivity contribution in [2.45, 2.75) is 57.5 Å². The van der Waals surface area contributed by atoms with Gasteiger partial charge in [0.15, 0.2) is 0 Å². The minimum Gasteiger partial charge on any atom is -0.314 e. The lowest BCUT2D eigenvalue weighted by Crippen LogP contribution is -2.37. The van der Waals surface area contributed by atoms with Crippen LogP contribution in [-0.4, -0.2) is 36.1 Å². The van der Waals surface area contributed by atoms with E-state index in [9.17, 15) is 0 Å². The molecule has 3 nitrogen and oxygen atoms in total. The van der Waals surface area contributed by atoms with Crippen LogP contribution >= 0.6 is 0 Å². The van der Waals surface area contributed by atoms with Crippen LogP contribution in [-0.2, 0) is 0 Å². The van der Waals surface area contributed by atoms with Gasteiger partial charge in [-0.05, 0) is 69.2 Å². The molecule has 1 aliphatic heterocycles. The Labute approximate surface area is 135 Å². The van der Waals surface area contributed by atoms with Crippen molar-refractivity contribution in [2.75, 3.05) is 20.1 Å². The highest BCUT2D eigenvalue weighted by Gasteiger charge is 2.33. The van der Waals surface area contributed by atoms with E-state index in [1.807, 2.05) is 12.4 Å². The molecule has 0 spiro atoms. The highest BCUT2D eigenvalue weighted by molar-refractivity contribution is 5.17. The number of aromatic nitrogens is 1. The third-order valence-electron chi connectivity index (χ3n) is 5.89. The fourth-order valence-corrected chi connectivity index (χ4v) is 4.41. The van der Waals surface area contributed by atoms with E-state index in [1.165, 1.54) is 50.6 Å². The van der Waals surface area contributed by atoms with E-state index in [4.69, 9.17) is 0 Å². The molecule has 0 unspecified atom stereocenters. The normalized spacial score (nSPS) is 33.2. The Bertz CT molecular complexity index is 439. The molecule has 0 amide bonds. The third kappa shape index (κ3) is 3.69. The Morgan fingerprint density at radius 3 is 2.73 bits per heavy atom. The monoisotopic (exact) mass is 301 g/mol. The van der Waals surface area contributed by atoms with E-state index < -0.39 is 0 Å². The summed E-state index contributed by atoms with van der Waals surface area (Å²) in [6, 6.07) is 5.59. The summed E-state index contributed by atoms with van der Waals surface area (Å²) in [5.41, 5.74) is 1.38. The molecule has 1 saturated carbocycles. The predicted molar refractivity (Wildman–Crippen MR) is 91.8 cm³/mol. The van der Waals surface area contributed by atoms with Gasteiger partial charge in [-0.25, -0.2) is 0 Å². The first-order chi connectivity index (χ1) is 10.8. The standard InChI is InChI=1S/C19H31N3/c1-3-15-6-8-18(9-7-15)21-14-17-10-12-22(2)19(17)16-5-4-11-20-13-16/h4-5,11,13,15,17-19,21H,3,6-10,12,14H2,1-2H3/t15?,17-,18?,19-/m0/s1. The van der Waals surface area contributed by atoms with E-state index in [0.29, 0.717) is 6.04 Å². The summed E-state index contributed by atoms with van der Waals surface area (Å²) in [4.78, 5) is 6.82. The lowest BCUT2D eigenvalue weighted by Gasteiger charge is -2.31. The summed E-state index contributed by atoms with van der Waals surface area (Å²) in [6.07, 6.45) is 12.2. The molecular formula is C19H31N3. The lowest BCUT2D eigenvalue weighted by molar-refractivity contribution is 0.245. The topological polar surface area (TPSA) is 28.2 Å². The van der Waals surface area contributed by atoms with Gasteiger partial charge in [0.05, 0.1) is 0 Å². The molecule has 1 N–H and O–H groups in total. The first kappa shape index (κ1) is 15.9. The quantitative estimate of drug-likeness (QED) is 0.900. The summed E-state index contributed by atoms with van der Waals surface area (Å²) in [7, 11) is 2.25. The Balaban J connectivity index is 1.53. The molecule has 2 aliphatic rings. The molecule has 122 valence electrons. The van der Waals surface area contributed by atoms with Crippen LogP contribution < -0.4 is 5.32 Å². The lowest BCUT2D eigenvalue weighted by atomic mass is 9.84. The fraction of sp³-hybridized carbons (Fsp3) is 0.737. The Morgan fingerprint density at radius 2 is 2.05 bits per heavy atom. The number of pyridine rings is 1. The zero-order valence-electron chi connectivity index (χ0n) is 14.2. The minimum absolute atomic E-state index is 0.535. The van der Waals surface area contributed by atoms with Crippen LogP contribution in [0.5, 0.6) is 0 Å². The van der Waals surface area contributed by atoms with Gasteiger partial charge < -0.3 is 5.32 Å². The van der Waals surface area contributed by atoms with E-state index in [2.05, 4.69) is 41.3 Å². The van der Waals surface area contributed by atoms with Crippen molar-refractivity contribution in [1.82, 2.24) is 15.2 Å². The molecule has 0 radical (unpaired) electrons. The molecule has 1 aromatic rings. The summed E-state index contributed by atoms with van der Waals surface area (Å²) in [5.74, 6) is 1.71. The van der Waals surface area contributed by atoms with Gasteiger partial charge in [-0.3, -0.25) is 9.88 Å². The Morgan fingerprint density at radius 1 is 1.23 bits per heavy atom. The molecule has 2 atom stereocenters. The summed E-state index contributed by atoms with van der Waals surface area (Å²) in [6.45, 7) is 4.70. The summed E-state index contributed by atoms with van der Waals surface area (Å²) < 4.78 is 0. The van der Waals surface area contributed by atoms with Gasteiger partial charge in [-0.1, -0.05) is 19.4 Å². The van der Waals surface area contributed by atoms with E-state index in [1.54, 1.807) is 0 Å². The van der Waals surface area contributed by atoms with Gasteiger partial charge in [0, 0.05) is 31.0 Å². The van der Waals surface area contributed by atoms with E-state index in [0.717, 1.165) is 24.4 Å². The van der Waals surface area contributed by atoms with Gasteiger partial charge in [0.2, 0.25) is 0 Å². The van der Waals surface area contributed by atoms with E-state index in [-0.39, 0.29) is 0 Å². The molecule has 3 heteroatoms. The fourth-order valence-electron chi connectivity index (χ4n) is 4.41. The smallest absolute Gasteiger partial charge is 0.0401 e. The number of likely N-dealkylation sites (tertiary alicyclic amines) is 1.